The SMILES string of the molecule is CC(C)(CO)CN1CC(C(C)(C)C)C1. The number of hydrogen-bond donors (Lipinski definition) is 1. The molecule has 1 heterocycles. The standard InChI is InChI=1S/C12H25NO/c1-11(2,3)10-6-13(7-10)8-12(4,5)9-14/h10,14H,6-9H2,1-5H3. The number of likely N-dealkylation sites (tertiary alicyclic amines) is 1. The molecule has 0 aromatic rings. The van der Waals surface area contributed by atoms with Gasteiger partial charge in [-0.2, -0.15) is 0 Å². The van der Waals surface area contributed by atoms with Crippen molar-refractivity contribution < 1.29 is 5.11 Å². The molecule has 14 heavy (non-hydrogen) atoms. The number of aliphatic hydroxyl groups excluding tert-OH is 1. The smallest absolute Gasteiger partial charge is 0.0494 e. The van der Waals surface area contributed by atoms with Gasteiger partial charge in [-0.3, -0.25) is 0 Å². The van der Waals surface area contributed by atoms with Gasteiger partial charge in [-0.1, -0.05) is 34.6 Å². The highest BCUT2D eigenvalue weighted by atomic mass is 16.3. The lowest BCUT2D eigenvalue weighted by molar-refractivity contribution is -0.0111. The first-order chi connectivity index (χ1) is 6.24. The summed E-state index contributed by atoms with van der Waals surface area (Å²) in [7, 11) is 0. The van der Waals surface area contributed by atoms with Crippen LogP contribution in [0.5, 0.6) is 0 Å². The van der Waals surface area contributed by atoms with E-state index < -0.39 is 0 Å². The minimum Gasteiger partial charge on any atom is -0.396 e. The van der Waals surface area contributed by atoms with E-state index in [1.165, 1.54) is 13.1 Å². The van der Waals surface area contributed by atoms with Crippen molar-refractivity contribution in [2.45, 2.75) is 34.6 Å². The van der Waals surface area contributed by atoms with Crippen LogP contribution in [0.1, 0.15) is 34.6 Å². The molecule has 0 amide bonds. The van der Waals surface area contributed by atoms with Gasteiger partial charge >= 0.3 is 0 Å². The van der Waals surface area contributed by atoms with E-state index in [0.29, 0.717) is 5.41 Å². The minimum absolute atomic E-state index is 0.0584. The molecule has 0 aromatic carbocycles. The number of aliphatic hydroxyl groups is 1. The van der Waals surface area contributed by atoms with E-state index in [4.69, 9.17) is 5.11 Å². The van der Waals surface area contributed by atoms with E-state index in [0.717, 1.165) is 12.5 Å². The maximum Gasteiger partial charge on any atom is 0.0494 e. The molecular formula is C12H25NO. The van der Waals surface area contributed by atoms with E-state index in [9.17, 15) is 0 Å². The highest BCUT2D eigenvalue weighted by molar-refractivity contribution is 4.90. The molecule has 1 N–H and O–H groups in total. The van der Waals surface area contributed by atoms with Gasteiger partial charge in [0.2, 0.25) is 0 Å². The summed E-state index contributed by atoms with van der Waals surface area (Å²) in [5, 5.41) is 9.16. The van der Waals surface area contributed by atoms with Gasteiger partial charge in [0.15, 0.2) is 0 Å². The lowest BCUT2D eigenvalue weighted by Crippen LogP contribution is -2.55. The summed E-state index contributed by atoms with van der Waals surface area (Å²) < 4.78 is 0. The molecule has 84 valence electrons. The Labute approximate surface area is 88.3 Å². The Morgan fingerprint density at radius 3 is 2.00 bits per heavy atom. The summed E-state index contributed by atoms with van der Waals surface area (Å²) in [6, 6.07) is 0. The summed E-state index contributed by atoms with van der Waals surface area (Å²) in [6.07, 6.45) is 0. The third-order valence-electron chi connectivity index (χ3n) is 3.26. The zero-order valence-corrected chi connectivity index (χ0v) is 10.3. The fourth-order valence-corrected chi connectivity index (χ4v) is 1.90. The van der Waals surface area contributed by atoms with Crippen molar-refractivity contribution >= 4 is 0 Å². The highest BCUT2D eigenvalue weighted by Crippen LogP contribution is 2.34. The first-order valence-electron chi connectivity index (χ1n) is 5.58. The monoisotopic (exact) mass is 199 g/mol. The van der Waals surface area contributed by atoms with Gasteiger partial charge in [0.1, 0.15) is 0 Å². The normalized spacial score (nSPS) is 21.0. The first-order valence-corrected chi connectivity index (χ1v) is 5.58. The van der Waals surface area contributed by atoms with Crippen molar-refractivity contribution in [2.75, 3.05) is 26.2 Å². The number of rotatable bonds is 3. The van der Waals surface area contributed by atoms with Gasteiger partial charge in [-0.25, -0.2) is 0 Å². The third-order valence-corrected chi connectivity index (χ3v) is 3.26. The molecule has 0 spiro atoms. The van der Waals surface area contributed by atoms with Crippen LogP contribution in [-0.2, 0) is 0 Å². The summed E-state index contributed by atoms with van der Waals surface area (Å²) in [4.78, 5) is 2.45. The molecule has 0 bridgehead atoms. The fourth-order valence-electron chi connectivity index (χ4n) is 1.90. The molecule has 2 nitrogen and oxygen atoms in total. The second-order valence-corrected chi connectivity index (χ2v) is 6.58. The Morgan fingerprint density at radius 2 is 1.64 bits per heavy atom. The topological polar surface area (TPSA) is 23.5 Å². The molecule has 0 aromatic heterocycles. The van der Waals surface area contributed by atoms with Crippen molar-refractivity contribution in [3.63, 3.8) is 0 Å². The van der Waals surface area contributed by atoms with Crippen molar-refractivity contribution in [2.24, 2.45) is 16.7 Å². The van der Waals surface area contributed by atoms with Crippen molar-refractivity contribution in [3.8, 4) is 0 Å². The molecule has 0 atom stereocenters. The second kappa shape index (κ2) is 3.82. The van der Waals surface area contributed by atoms with Crippen LogP contribution in [-0.4, -0.2) is 36.2 Å². The molecule has 0 radical (unpaired) electrons. The predicted molar refractivity (Wildman–Crippen MR) is 60.3 cm³/mol. The lowest BCUT2D eigenvalue weighted by Gasteiger charge is -2.48. The molecule has 1 saturated heterocycles. The van der Waals surface area contributed by atoms with Crippen LogP contribution in [0, 0.1) is 16.7 Å². The van der Waals surface area contributed by atoms with Crippen LogP contribution in [0.25, 0.3) is 0 Å². The molecule has 1 rings (SSSR count). The zero-order valence-electron chi connectivity index (χ0n) is 10.3. The van der Waals surface area contributed by atoms with E-state index >= 15 is 0 Å². The van der Waals surface area contributed by atoms with Crippen LogP contribution in [0.4, 0.5) is 0 Å². The molecule has 0 unspecified atom stereocenters. The van der Waals surface area contributed by atoms with E-state index in [2.05, 4.69) is 39.5 Å². The second-order valence-electron chi connectivity index (χ2n) is 6.58. The van der Waals surface area contributed by atoms with Gasteiger partial charge in [0.25, 0.3) is 0 Å². The average Bonchev–Trinajstić information content (AvgIpc) is 1.94. The highest BCUT2D eigenvalue weighted by Gasteiger charge is 2.37. The predicted octanol–water partition coefficient (Wildman–Crippen LogP) is 1.98. The summed E-state index contributed by atoms with van der Waals surface area (Å²) in [5.41, 5.74) is 0.503. The zero-order chi connectivity index (χ0) is 11.0. The summed E-state index contributed by atoms with van der Waals surface area (Å²) in [6.45, 7) is 14.9. The minimum atomic E-state index is 0.0584. The van der Waals surface area contributed by atoms with Crippen LogP contribution in [0.2, 0.25) is 0 Å². The Morgan fingerprint density at radius 1 is 1.14 bits per heavy atom. The summed E-state index contributed by atoms with van der Waals surface area (Å²) in [5.74, 6) is 0.831. The van der Waals surface area contributed by atoms with Gasteiger partial charge in [-0.05, 0) is 11.3 Å². The Hall–Kier alpha value is -0.0800. The molecule has 1 fully saturated rings. The van der Waals surface area contributed by atoms with Crippen molar-refractivity contribution in [1.29, 1.82) is 0 Å². The van der Waals surface area contributed by atoms with Gasteiger partial charge in [-0.15, -0.1) is 0 Å². The molecule has 2 heteroatoms. The van der Waals surface area contributed by atoms with Crippen LogP contribution >= 0.6 is 0 Å². The average molecular weight is 199 g/mol. The summed E-state index contributed by atoms with van der Waals surface area (Å²) >= 11 is 0. The molecule has 0 aliphatic carbocycles. The number of hydrogen-bond acceptors (Lipinski definition) is 2. The van der Waals surface area contributed by atoms with Crippen LogP contribution in [0.3, 0.4) is 0 Å². The third kappa shape index (κ3) is 2.96. The van der Waals surface area contributed by atoms with Crippen molar-refractivity contribution in [1.82, 2.24) is 4.90 Å². The number of nitrogens with zero attached hydrogens (tertiary/aromatic N) is 1. The Bertz CT molecular complexity index is 187. The lowest BCUT2D eigenvalue weighted by atomic mass is 9.75. The Balaban J connectivity index is 2.29. The van der Waals surface area contributed by atoms with E-state index in [-0.39, 0.29) is 12.0 Å². The van der Waals surface area contributed by atoms with Crippen LogP contribution in [0.15, 0.2) is 0 Å². The Kier molecular flexibility index (Phi) is 3.27. The largest absolute Gasteiger partial charge is 0.396 e. The van der Waals surface area contributed by atoms with Crippen molar-refractivity contribution in [3.05, 3.63) is 0 Å². The van der Waals surface area contributed by atoms with E-state index in [1.54, 1.807) is 0 Å². The molecule has 0 saturated carbocycles. The van der Waals surface area contributed by atoms with Crippen LogP contribution < -0.4 is 0 Å². The molecule has 1 aliphatic heterocycles. The van der Waals surface area contributed by atoms with Gasteiger partial charge < -0.3 is 10.0 Å². The molecular weight excluding hydrogens is 174 g/mol. The molecule has 1 aliphatic rings. The van der Waals surface area contributed by atoms with Gasteiger partial charge in [0, 0.05) is 31.7 Å². The maximum absolute atomic E-state index is 9.16. The quantitative estimate of drug-likeness (QED) is 0.751. The fraction of sp³-hybridized carbons (Fsp3) is 1.00. The first kappa shape index (κ1) is 12.0. The maximum atomic E-state index is 9.16. The van der Waals surface area contributed by atoms with E-state index in [1.807, 2.05) is 0 Å². The van der Waals surface area contributed by atoms with Gasteiger partial charge in [0.05, 0.1) is 0 Å².